The van der Waals surface area contributed by atoms with Crippen molar-refractivity contribution in [3.05, 3.63) is 40.9 Å². The predicted octanol–water partition coefficient (Wildman–Crippen LogP) is 3.78. The topological polar surface area (TPSA) is 59.2 Å². The van der Waals surface area contributed by atoms with E-state index in [1.54, 1.807) is 10.3 Å². The fraction of sp³-hybridized carbons (Fsp3) is 0.412. The first-order valence-electron chi connectivity index (χ1n) is 8.02. The van der Waals surface area contributed by atoms with Gasteiger partial charge in [-0.3, -0.25) is 4.79 Å². The number of hydrogen-bond acceptors (Lipinski definition) is 4. The van der Waals surface area contributed by atoms with Crippen molar-refractivity contribution < 1.29 is 18.0 Å². The molecule has 0 saturated carbocycles. The maximum absolute atomic E-state index is 12.6. The fourth-order valence-corrected chi connectivity index (χ4v) is 3.59. The van der Waals surface area contributed by atoms with Gasteiger partial charge >= 0.3 is 6.18 Å². The van der Waals surface area contributed by atoms with Gasteiger partial charge in [0.15, 0.2) is 0 Å². The number of alkyl halides is 3. The molecule has 2 heterocycles. The third kappa shape index (κ3) is 4.19. The summed E-state index contributed by atoms with van der Waals surface area (Å²) in [6.45, 7) is 1.26. The van der Waals surface area contributed by atoms with E-state index in [1.165, 1.54) is 23.5 Å². The maximum Gasteiger partial charge on any atom is 0.416 e. The summed E-state index contributed by atoms with van der Waals surface area (Å²) in [4.78, 5) is 18.6. The monoisotopic (exact) mass is 369 g/mol. The Hall–Kier alpha value is -1.93. The lowest BCUT2D eigenvalue weighted by molar-refractivity contribution is -0.137. The van der Waals surface area contributed by atoms with Gasteiger partial charge < -0.3 is 10.6 Å². The molecule has 1 fully saturated rings. The number of likely N-dealkylation sites (tertiary alicyclic amines) is 1. The van der Waals surface area contributed by atoms with Gasteiger partial charge in [0.1, 0.15) is 10.7 Å². The van der Waals surface area contributed by atoms with E-state index in [-0.39, 0.29) is 11.9 Å². The Labute approximate surface area is 147 Å². The number of nitrogens with zero attached hydrogens (tertiary/aromatic N) is 2. The maximum atomic E-state index is 12.6. The highest BCUT2D eigenvalue weighted by atomic mass is 32.1. The number of aromatic nitrogens is 1. The van der Waals surface area contributed by atoms with E-state index in [1.807, 2.05) is 0 Å². The molecule has 1 atom stereocenters. The Morgan fingerprint density at radius 2 is 1.92 bits per heavy atom. The number of carbonyl (C=O) groups excluding carboxylic acids is 1. The molecule has 1 aromatic heterocycles. The van der Waals surface area contributed by atoms with Gasteiger partial charge in [0, 0.05) is 30.1 Å². The molecule has 2 aromatic rings. The summed E-state index contributed by atoms with van der Waals surface area (Å²) in [6.07, 6.45) is -1.84. The molecule has 0 spiro atoms. The molecule has 0 radical (unpaired) electrons. The summed E-state index contributed by atoms with van der Waals surface area (Å²) in [5.41, 5.74) is 6.12. The highest BCUT2D eigenvalue weighted by Crippen LogP contribution is 2.32. The molecule has 134 valence electrons. The van der Waals surface area contributed by atoms with Crippen molar-refractivity contribution in [3.8, 4) is 10.6 Å². The Morgan fingerprint density at radius 1 is 1.20 bits per heavy atom. The Bertz CT molecular complexity index is 742. The lowest BCUT2D eigenvalue weighted by atomic mass is 10.1. The second kappa shape index (κ2) is 7.13. The van der Waals surface area contributed by atoms with Crippen molar-refractivity contribution in [2.45, 2.75) is 31.5 Å². The molecule has 25 heavy (non-hydrogen) atoms. The van der Waals surface area contributed by atoms with Crippen molar-refractivity contribution in [1.29, 1.82) is 0 Å². The van der Waals surface area contributed by atoms with Crippen LogP contribution in [0.5, 0.6) is 0 Å². The van der Waals surface area contributed by atoms with Crippen LogP contribution < -0.4 is 5.73 Å². The average Bonchev–Trinajstić information content (AvgIpc) is 2.97. The minimum atomic E-state index is -4.36. The summed E-state index contributed by atoms with van der Waals surface area (Å²) in [5.74, 6) is -0.150. The van der Waals surface area contributed by atoms with Crippen molar-refractivity contribution in [3.63, 3.8) is 0 Å². The normalized spacial score (nSPS) is 18.9. The molecule has 1 amide bonds. The lowest BCUT2D eigenvalue weighted by Gasteiger charge is -2.19. The van der Waals surface area contributed by atoms with Crippen LogP contribution in [-0.2, 0) is 6.18 Å². The molecule has 1 aliphatic rings. The minimum Gasteiger partial charge on any atom is -0.337 e. The zero-order chi connectivity index (χ0) is 18.0. The van der Waals surface area contributed by atoms with E-state index in [9.17, 15) is 18.0 Å². The third-order valence-electron chi connectivity index (χ3n) is 4.24. The number of nitrogens with two attached hydrogens (primary N) is 1. The number of carbonyl (C=O) groups is 1. The van der Waals surface area contributed by atoms with Gasteiger partial charge in [-0.15, -0.1) is 11.3 Å². The van der Waals surface area contributed by atoms with E-state index < -0.39 is 11.7 Å². The number of hydrogen-bond donors (Lipinski definition) is 1. The first-order chi connectivity index (χ1) is 11.8. The number of halogens is 3. The molecule has 0 aliphatic carbocycles. The molecule has 8 heteroatoms. The fourth-order valence-electron chi connectivity index (χ4n) is 2.79. The molecule has 3 rings (SSSR count). The van der Waals surface area contributed by atoms with Crippen LogP contribution >= 0.6 is 11.3 Å². The van der Waals surface area contributed by atoms with Crippen LogP contribution in [0.1, 0.15) is 35.3 Å². The highest BCUT2D eigenvalue weighted by molar-refractivity contribution is 7.13. The minimum absolute atomic E-state index is 0.121. The third-order valence-corrected chi connectivity index (χ3v) is 5.13. The van der Waals surface area contributed by atoms with Crippen molar-refractivity contribution >= 4 is 17.2 Å². The molecule has 1 aliphatic heterocycles. The molecule has 4 nitrogen and oxygen atoms in total. The second-order valence-corrected chi connectivity index (χ2v) is 6.95. The quantitative estimate of drug-likeness (QED) is 0.876. The molecule has 1 saturated heterocycles. The van der Waals surface area contributed by atoms with Crippen LogP contribution in [0.2, 0.25) is 0 Å². The Balaban J connectivity index is 1.74. The Morgan fingerprint density at radius 3 is 2.60 bits per heavy atom. The van der Waals surface area contributed by atoms with Gasteiger partial charge in [-0.25, -0.2) is 4.98 Å². The molecule has 0 bridgehead atoms. The summed E-state index contributed by atoms with van der Waals surface area (Å²) in [7, 11) is 0. The van der Waals surface area contributed by atoms with E-state index in [4.69, 9.17) is 5.73 Å². The van der Waals surface area contributed by atoms with Gasteiger partial charge in [-0.2, -0.15) is 13.2 Å². The smallest absolute Gasteiger partial charge is 0.337 e. The van der Waals surface area contributed by atoms with E-state index in [0.717, 1.165) is 31.4 Å². The van der Waals surface area contributed by atoms with Gasteiger partial charge in [0.05, 0.1) is 5.56 Å². The number of rotatable bonds is 2. The van der Waals surface area contributed by atoms with Crippen LogP contribution in [0.4, 0.5) is 13.2 Å². The van der Waals surface area contributed by atoms with Gasteiger partial charge in [0.25, 0.3) is 5.91 Å². The summed E-state index contributed by atoms with van der Waals surface area (Å²) in [5, 5.41) is 2.18. The van der Waals surface area contributed by atoms with Crippen LogP contribution in [0.3, 0.4) is 0 Å². The molecular weight excluding hydrogens is 351 g/mol. The summed E-state index contributed by atoms with van der Waals surface area (Å²) >= 11 is 1.25. The van der Waals surface area contributed by atoms with E-state index in [0.29, 0.717) is 29.4 Å². The number of thiazole rings is 1. The lowest BCUT2D eigenvalue weighted by Crippen LogP contribution is -2.33. The molecule has 0 unspecified atom stereocenters. The SMILES string of the molecule is N[C@@H]1CCCN(C(=O)c2csc(-c3ccc(C(F)(F)F)cc3)n2)CC1. The second-order valence-electron chi connectivity index (χ2n) is 6.10. The van der Waals surface area contributed by atoms with Crippen LogP contribution in [0.25, 0.3) is 10.6 Å². The first kappa shape index (κ1) is 17.9. The largest absolute Gasteiger partial charge is 0.416 e. The van der Waals surface area contributed by atoms with E-state index >= 15 is 0 Å². The molecule has 2 N–H and O–H groups in total. The zero-order valence-electron chi connectivity index (χ0n) is 13.4. The summed E-state index contributed by atoms with van der Waals surface area (Å²) < 4.78 is 37.9. The van der Waals surface area contributed by atoms with Gasteiger partial charge in [-0.05, 0) is 31.4 Å². The van der Waals surface area contributed by atoms with E-state index in [2.05, 4.69) is 4.98 Å². The molecular formula is C17H18F3N3OS. The average molecular weight is 369 g/mol. The van der Waals surface area contributed by atoms with Crippen molar-refractivity contribution in [1.82, 2.24) is 9.88 Å². The number of benzene rings is 1. The van der Waals surface area contributed by atoms with Crippen molar-refractivity contribution in [2.75, 3.05) is 13.1 Å². The van der Waals surface area contributed by atoms with Crippen molar-refractivity contribution in [2.24, 2.45) is 5.73 Å². The van der Waals surface area contributed by atoms with Crippen LogP contribution in [0.15, 0.2) is 29.6 Å². The van der Waals surface area contributed by atoms with Gasteiger partial charge in [0.2, 0.25) is 0 Å². The van der Waals surface area contributed by atoms with Gasteiger partial charge in [-0.1, -0.05) is 12.1 Å². The zero-order valence-corrected chi connectivity index (χ0v) is 14.2. The molecule has 1 aromatic carbocycles. The predicted molar refractivity (Wildman–Crippen MR) is 90.3 cm³/mol. The first-order valence-corrected chi connectivity index (χ1v) is 8.90. The standard InChI is InChI=1S/C17H18F3N3OS/c18-17(19,20)12-5-3-11(4-6-12)15-22-14(10-25-15)16(24)23-8-1-2-13(21)7-9-23/h3-6,10,13H,1-2,7-9,21H2/t13-/m1/s1. The van der Waals surface area contributed by atoms with Crippen LogP contribution in [-0.4, -0.2) is 34.9 Å². The summed E-state index contributed by atoms with van der Waals surface area (Å²) in [6, 6.07) is 4.92. The highest BCUT2D eigenvalue weighted by Gasteiger charge is 2.30. The number of amides is 1. The van der Waals surface area contributed by atoms with Crippen LogP contribution in [0, 0.1) is 0 Å². The Kier molecular flexibility index (Phi) is 5.10.